The molecule has 0 bridgehead atoms. The molecule has 1 aliphatic carbocycles. The molecule has 1 aliphatic heterocycles. The van der Waals surface area contributed by atoms with Crippen LogP contribution in [0.2, 0.25) is 0 Å². The second-order valence-corrected chi connectivity index (χ2v) is 7.26. The molecule has 1 saturated heterocycles. The SMILES string of the molecule is CC1(C)CC(NCC(O)COCC2CC2)C(C)(C)O1. The van der Waals surface area contributed by atoms with Gasteiger partial charge in [-0.2, -0.15) is 0 Å². The Bertz CT molecular complexity index is 300. The third-order valence-electron chi connectivity index (χ3n) is 4.03. The Labute approximate surface area is 116 Å². The van der Waals surface area contributed by atoms with Gasteiger partial charge in [0.1, 0.15) is 0 Å². The molecular weight excluding hydrogens is 242 g/mol. The number of hydrogen-bond acceptors (Lipinski definition) is 4. The second-order valence-electron chi connectivity index (χ2n) is 7.26. The van der Waals surface area contributed by atoms with Crippen molar-refractivity contribution in [1.82, 2.24) is 5.32 Å². The number of hydrogen-bond donors (Lipinski definition) is 2. The van der Waals surface area contributed by atoms with Gasteiger partial charge in [-0.3, -0.25) is 0 Å². The lowest BCUT2D eigenvalue weighted by Crippen LogP contribution is -2.46. The Morgan fingerprint density at radius 1 is 1.32 bits per heavy atom. The summed E-state index contributed by atoms with van der Waals surface area (Å²) in [7, 11) is 0. The molecule has 2 fully saturated rings. The van der Waals surface area contributed by atoms with Crippen molar-refractivity contribution in [3.63, 3.8) is 0 Å². The van der Waals surface area contributed by atoms with Gasteiger partial charge in [0.25, 0.3) is 0 Å². The van der Waals surface area contributed by atoms with Crippen molar-refractivity contribution in [2.45, 2.75) is 70.3 Å². The minimum atomic E-state index is -0.432. The van der Waals surface area contributed by atoms with Crippen LogP contribution in [0.1, 0.15) is 47.0 Å². The van der Waals surface area contributed by atoms with E-state index >= 15 is 0 Å². The summed E-state index contributed by atoms with van der Waals surface area (Å²) in [5.41, 5.74) is -0.271. The highest BCUT2D eigenvalue weighted by atomic mass is 16.5. The normalized spacial score (nSPS) is 30.5. The molecule has 0 aromatic carbocycles. The molecule has 0 amide bonds. The summed E-state index contributed by atoms with van der Waals surface area (Å²) in [6.45, 7) is 10.3. The fourth-order valence-corrected chi connectivity index (χ4v) is 2.87. The molecule has 0 aromatic heterocycles. The van der Waals surface area contributed by atoms with Gasteiger partial charge in [-0.05, 0) is 52.9 Å². The first-order chi connectivity index (χ1) is 8.78. The maximum Gasteiger partial charge on any atom is 0.0897 e. The standard InChI is InChI=1S/C15H29NO3/c1-14(2)7-13(15(3,4)19-14)16-8-12(17)10-18-9-11-5-6-11/h11-13,16-17H,5-10H2,1-4H3. The maximum absolute atomic E-state index is 9.91. The molecule has 0 aromatic rings. The molecule has 2 N–H and O–H groups in total. The van der Waals surface area contributed by atoms with Gasteiger partial charge in [-0.15, -0.1) is 0 Å². The summed E-state index contributed by atoms with van der Waals surface area (Å²) in [4.78, 5) is 0. The van der Waals surface area contributed by atoms with Gasteiger partial charge < -0.3 is 19.9 Å². The van der Waals surface area contributed by atoms with Gasteiger partial charge >= 0.3 is 0 Å². The van der Waals surface area contributed by atoms with Crippen molar-refractivity contribution in [2.24, 2.45) is 5.92 Å². The van der Waals surface area contributed by atoms with Crippen molar-refractivity contribution < 1.29 is 14.6 Å². The smallest absolute Gasteiger partial charge is 0.0897 e. The molecule has 0 radical (unpaired) electrons. The molecule has 2 rings (SSSR count). The molecule has 2 atom stereocenters. The van der Waals surface area contributed by atoms with E-state index in [9.17, 15) is 5.11 Å². The highest BCUT2D eigenvalue weighted by Crippen LogP contribution is 2.37. The van der Waals surface area contributed by atoms with Crippen molar-refractivity contribution in [2.75, 3.05) is 19.8 Å². The number of rotatable bonds is 7. The topological polar surface area (TPSA) is 50.7 Å². The van der Waals surface area contributed by atoms with Gasteiger partial charge in [0, 0.05) is 19.2 Å². The van der Waals surface area contributed by atoms with E-state index in [1.807, 2.05) is 0 Å². The first-order valence-electron chi connectivity index (χ1n) is 7.48. The lowest BCUT2D eigenvalue weighted by atomic mass is 9.94. The quantitative estimate of drug-likeness (QED) is 0.740. The van der Waals surface area contributed by atoms with E-state index in [0.717, 1.165) is 18.9 Å². The van der Waals surface area contributed by atoms with Crippen LogP contribution in [-0.2, 0) is 9.47 Å². The average molecular weight is 271 g/mol. The first kappa shape index (κ1) is 15.2. The van der Waals surface area contributed by atoms with Crippen LogP contribution >= 0.6 is 0 Å². The number of aliphatic hydroxyl groups excluding tert-OH is 1. The summed E-state index contributed by atoms with van der Waals surface area (Å²) in [6.07, 6.45) is 3.11. The summed E-state index contributed by atoms with van der Waals surface area (Å²) in [5.74, 6) is 0.753. The Morgan fingerprint density at radius 3 is 2.53 bits per heavy atom. The lowest BCUT2D eigenvalue weighted by Gasteiger charge is -2.28. The zero-order valence-corrected chi connectivity index (χ0v) is 12.7. The molecule has 1 heterocycles. The van der Waals surface area contributed by atoms with Crippen LogP contribution in [0.5, 0.6) is 0 Å². The van der Waals surface area contributed by atoms with Crippen molar-refractivity contribution in [1.29, 1.82) is 0 Å². The van der Waals surface area contributed by atoms with Crippen molar-refractivity contribution in [3.05, 3.63) is 0 Å². The third kappa shape index (κ3) is 4.71. The fraction of sp³-hybridized carbons (Fsp3) is 1.00. The predicted molar refractivity (Wildman–Crippen MR) is 75.2 cm³/mol. The second kappa shape index (κ2) is 5.68. The van der Waals surface area contributed by atoms with Crippen LogP contribution in [0.3, 0.4) is 0 Å². The summed E-state index contributed by atoms with van der Waals surface area (Å²) in [5, 5.41) is 13.3. The van der Waals surface area contributed by atoms with E-state index in [4.69, 9.17) is 9.47 Å². The van der Waals surface area contributed by atoms with Crippen LogP contribution in [0, 0.1) is 5.92 Å². The zero-order valence-electron chi connectivity index (χ0n) is 12.7. The van der Waals surface area contributed by atoms with Crippen LogP contribution in [-0.4, -0.2) is 48.2 Å². The van der Waals surface area contributed by atoms with Crippen LogP contribution in [0.25, 0.3) is 0 Å². The van der Waals surface area contributed by atoms with Crippen LogP contribution in [0.15, 0.2) is 0 Å². The first-order valence-corrected chi connectivity index (χ1v) is 7.48. The highest BCUT2D eigenvalue weighted by molar-refractivity contribution is 4.99. The summed E-state index contributed by atoms with van der Waals surface area (Å²) < 4.78 is 11.5. The molecular formula is C15H29NO3. The van der Waals surface area contributed by atoms with Crippen molar-refractivity contribution >= 4 is 0 Å². The predicted octanol–water partition coefficient (Wildman–Crippen LogP) is 1.71. The highest BCUT2D eigenvalue weighted by Gasteiger charge is 2.45. The van der Waals surface area contributed by atoms with E-state index in [2.05, 4.69) is 33.0 Å². The van der Waals surface area contributed by atoms with Crippen LogP contribution < -0.4 is 5.32 Å². The number of nitrogens with one attached hydrogen (secondary N) is 1. The largest absolute Gasteiger partial charge is 0.389 e. The minimum Gasteiger partial charge on any atom is -0.389 e. The number of aliphatic hydroxyl groups is 1. The lowest BCUT2D eigenvalue weighted by molar-refractivity contribution is -0.0706. The molecule has 2 unspecified atom stereocenters. The zero-order chi connectivity index (χ0) is 14.1. The summed E-state index contributed by atoms with van der Waals surface area (Å²) >= 11 is 0. The minimum absolute atomic E-state index is 0.0887. The molecule has 1 saturated carbocycles. The van der Waals surface area contributed by atoms with Gasteiger partial charge in [0.2, 0.25) is 0 Å². The maximum atomic E-state index is 9.91. The van der Waals surface area contributed by atoms with Gasteiger partial charge in [0.05, 0.1) is 23.9 Å². The fourth-order valence-electron chi connectivity index (χ4n) is 2.87. The molecule has 4 nitrogen and oxygen atoms in total. The Kier molecular flexibility index (Phi) is 4.56. The van der Waals surface area contributed by atoms with Crippen molar-refractivity contribution in [3.8, 4) is 0 Å². The molecule has 2 aliphatic rings. The van der Waals surface area contributed by atoms with E-state index in [-0.39, 0.29) is 17.2 Å². The molecule has 112 valence electrons. The van der Waals surface area contributed by atoms with E-state index in [0.29, 0.717) is 13.2 Å². The molecule has 4 heteroatoms. The van der Waals surface area contributed by atoms with Gasteiger partial charge in [0.15, 0.2) is 0 Å². The van der Waals surface area contributed by atoms with E-state index in [1.54, 1.807) is 0 Å². The average Bonchev–Trinajstić information content (AvgIpc) is 3.02. The monoisotopic (exact) mass is 271 g/mol. The summed E-state index contributed by atoms with van der Waals surface area (Å²) in [6, 6.07) is 0.278. The molecule has 0 spiro atoms. The third-order valence-corrected chi connectivity index (χ3v) is 4.03. The van der Waals surface area contributed by atoms with E-state index in [1.165, 1.54) is 12.8 Å². The number of ether oxygens (including phenoxy) is 2. The van der Waals surface area contributed by atoms with Gasteiger partial charge in [-0.1, -0.05) is 0 Å². The van der Waals surface area contributed by atoms with Crippen LogP contribution in [0.4, 0.5) is 0 Å². The van der Waals surface area contributed by atoms with E-state index < -0.39 is 6.10 Å². The molecule has 19 heavy (non-hydrogen) atoms. The Balaban J connectivity index is 1.66. The Morgan fingerprint density at radius 2 is 2.00 bits per heavy atom. The Hall–Kier alpha value is -0.160. The van der Waals surface area contributed by atoms with Gasteiger partial charge in [-0.25, -0.2) is 0 Å².